The second-order valence-corrected chi connectivity index (χ2v) is 3.60. The van der Waals surface area contributed by atoms with Gasteiger partial charge in [0.2, 0.25) is 0 Å². The monoisotopic (exact) mass is 183 g/mol. The van der Waals surface area contributed by atoms with Gasteiger partial charge in [-0.05, 0) is 24.5 Å². The highest BCUT2D eigenvalue weighted by Gasteiger charge is 2.01. The lowest BCUT2D eigenvalue weighted by atomic mass is 10.3. The van der Waals surface area contributed by atoms with Gasteiger partial charge in [-0.2, -0.15) is 0 Å². The van der Waals surface area contributed by atoms with Crippen LogP contribution in [0, 0.1) is 0 Å². The molecule has 0 radical (unpaired) electrons. The van der Waals surface area contributed by atoms with Crippen molar-refractivity contribution in [2.75, 3.05) is 25.3 Å². The molecular formula is C9H13NOS. The van der Waals surface area contributed by atoms with Crippen molar-refractivity contribution in [3.8, 4) is 5.75 Å². The Morgan fingerprint density at radius 1 is 1.33 bits per heavy atom. The van der Waals surface area contributed by atoms with E-state index in [-0.39, 0.29) is 0 Å². The first-order valence-electron chi connectivity index (χ1n) is 3.69. The molecule has 0 bridgehead atoms. The molecule has 0 heterocycles. The molecule has 1 rings (SSSR count). The minimum absolute atomic E-state index is 0.355. The summed E-state index contributed by atoms with van der Waals surface area (Å²) in [5.41, 5.74) is 1.11. The molecule has 0 amide bonds. The van der Waals surface area contributed by atoms with Gasteiger partial charge in [-0.1, -0.05) is 0 Å². The second kappa shape index (κ2) is 3.72. The Bertz CT molecular complexity index is 273. The summed E-state index contributed by atoms with van der Waals surface area (Å²) in [6.07, 6.45) is 1.95. The number of hydrogen-bond donors (Lipinski definition) is 1. The topological polar surface area (TPSA) is 23.5 Å². The Balaban J connectivity index is 3.05. The Hall–Kier alpha value is -0.830. The molecule has 0 saturated heterocycles. The summed E-state index contributed by atoms with van der Waals surface area (Å²) in [4.78, 5) is 2.93. The van der Waals surface area contributed by atoms with Crippen molar-refractivity contribution in [3.63, 3.8) is 0 Å². The molecule has 3 heteroatoms. The minimum Gasteiger partial charge on any atom is -0.507 e. The molecule has 0 aliphatic heterocycles. The maximum Gasteiger partial charge on any atom is 0.129 e. The summed E-state index contributed by atoms with van der Waals surface area (Å²) in [6.45, 7) is 0. The van der Waals surface area contributed by atoms with Crippen LogP contribution >= 0.6 is 11.8 Å². The van der Waals surface area contributed by atoms with E-state index in [1.807, 2.05) is 37.4 Å². The molecule has 66 valence electrons. The molecule has 2 nitrogen and oxygen atoms in total. The molecule has 0 spiro atoms. The average molecular weight is 183 g/mol. The highest BCUT2D eigenvalue weighted by Crippen LogP contribution is 2.29. The number of hydrogen-bond acceptors (Lipinski definition) is 3. The summed E-state index contributed by atoms with van der Waals surface area (Å²) >= 11 is 1.55. The van der Waals surface area contributed by atoms with Gasteiger partial charge in [-0.15, -0.1) is 11.8 Å². The zero-order valence-corrected chi connectivity index (χ0v) is 8.35. The number of aromatic hydroxyl groups is 1. The van der Waals surface area contributed by atoms with Crippen molar-refractivity contribution in [1.82, 2.24) is 0 Å². The lowest BCUT2D eigenvalue weighted by molar-refractivity contribution is 0.462. The van der Waals surface area contributed by atoms with Crippen LogP contribution in [0.15, 0.2) is 23.1 Å². The number of rotatable bonds is 2. The Morgan fingerprint density at radius 2 is 2.00 bits per heavy atom. The summed E-state index contributed by atoms with van der Waals surface area (Å²) in [5.74, 6) is 0.355. The maximum atomic E-state index is 9.38. The fourth-order valence-electron chi connectivity index (χ4n) is 0.944. The predicted octanol–water partition coefficient (Wildman–Crippen LogP) is 2.18. The van der Waals surface area contributed by atoms with E-state index in [0.717, 1.165) is 10.6 Å². The Labute approximate surface area is 77.2 Å². The number of anilines is 1. The van der Waals surface area contributed by atoms with Crippen molar-refractivity contribution >= 4 is 17.4 Å². The van der Waals surface area contributed by atoms with Gasteiger partial charge in [0, 0.05) is 19.8 Å². The summed E-state index contributed by atoms with van der Waals surface area (Å²) in [6, 6.07) is 5.59. The highest BCUT2D eigenvalue weighted by atomic mass is 32.2. The van der Waals surface area contributed by atoms with Crippen LogP contribution < -0.4 is 4.90 Å². The molecule has 1 aromatic carbocycles. The molecule has 0 aliphatic rings. The van der Waals surface area contributed by atoms with E-state index >= 15 is 0 Å². The Morgan fingerprint density at radius 3 is 2.50 bits per heavy atom. The third kappa shape index (κ3) is 1.85. The standard InChI is InChI=1S/C9H13NOS/c1-10(2)7-4-5-8(11)9(6-7)12-3/h4-6,11H,1-3H3. The fourth-order valence-corrected chi connectivity index (χ4v) is 1.46. The van der Waals surface area contributed by atoms with Gasteiger partial charge in [0.25, 0.3) is 0 Å². The van der Waals surface area contributed by atoms with Gasteiger partial charge in [-0.25, -0.2) is 0 Å². The van der Waals surface area contributed by atoms with Crippen molar-refractivity contribution < 1.29 is 5.11 Å². The van der Waals surface area contributed by atoms with Crippen LogP contribution in [0.3, 0.4) is 0 Å². The van der Waals surface area contributed by atoms with Crippen molar-refractivity contribution in [3.05, 3.63) is 18.2 Å². The third-order valence-electron chi connectivity index (χ3n) is 1.68. The lowest BCUT2D eigenvalue weighted by Crippen LogP contribution is -2.08. The van der Waals surface area contributed by atoms with E-state index in [1.54, 1.807) is 17.8 Å². The van der Waals surface area contributed by atoms with Crippen LogP contribution in [0.1, 0.15) is 0 Å². The van der Waals surface area contributed by atoms with Crippen LogP contribution in [0.25, 0.3) is 0 Å². The number of nitrogens with zero attached hydrogens (tertiary/aromatic N) is 1. The van der Waals surface area contributed by atoms with Crippen LogP contribution in [-0.4, -0.2) is 25.5 Å². The third-order valence-corrected chi connectivity index (χ3v) is 2.45. The molecule has 0 atom stereocenters. The quantitative estimate of drug-likeness (QED) is 0.711. The summed E-state index contributed by atoms with van der Waals surface area (Å²) in [5, 5.41) is 9.38. The summed E-state index contributed by atoms with van der Waals surface area (Å²) < 4.78 is 0. The molecule has 12 heavy (non-hydrogen) atoms. The molecule has 0 fully saturated rings. The first kappa shape index (κ1) is 9.26. The largest absolute Gasteiger partial charge is 0.507 e. The number of benzene rings is 1. The zero-order chi connectivity index (χ0) is 9.14. The fraction of sp³-hybridized carbons (Fsp3) is 0.333. The van der Waals surface area contributed by atoms with Crippen LogP contribution in [0.5, 0.6) is 5.75 Å². The predicted molar refractivity (Wildman–Crippen MR) is 54.2 cm³/mol. The second-order valence-electron chi connectivity index (χ2n) is 2.75. The molecule has 0 saturated carbocycles. The van der Waals surface area contributed by atoms with Gasteiger partial charge in [0.05, 0.1) is 4.90 Å². The number of thioether (sulfide) groups is 1. The average Bonchev–Trinajstić information content (AvgIpc) is 2.05. The van der Waals surface area contributed by atoms with Crippen LogP contribution in [0.2, 0.25) is 0 Å². The minimum atomic E-state index is 0.355. The number of phenols is 1. The smallest absolute Gasteiger partial charge is 0.129 e. The van der Waals surface area contributed by atoms with Crippen LogP contribution in [-0.2, 0) is 0 Å². The SMILES string of the molecule is CSc1cc(N(C)C)ccc1O. The van der Waals surface area contributed by atoms with Crippen LogP contribution in [0.4, 0.5) is 5.69 Å². The molecule has 0 aromatic heterocycles. The van der Waals surface area contributed by atoms with Gasteiger partial charge in [0.15, 0.2) is 0 Å². The van der Waals surface area contributed by atoms with E-state index in [9.17, 15) is 5.11 Å². The van der Waals surface area contributed by atoms with Crippen molar-refractivity contribution in [1.29, 1.82) is 0 Å². The summed E-state index contributed by atoms with van der Waals surface area (Å²) in [7, 11) is 3.97. The van der Waals surface area contributed by atoms with E-state index < -0.39 is 0 Å². The first-order chi connectivity index (χ1) is 5.65. The van der Waals surface area contributed by atoms with Gasteiger partial charge < -0.3 is 10.0 Å². The molecule has 0 aliphatic carbocycles. The van der Waals surface area contributed by atoms with Gasteiger partial charge in [0.1, 0.15) is 5.75 Å². The normalized spacial score (nSPS) is 9.92. The maximum absolute atomic E-state index is 9.38. The Kier molecular flexibility index (Phi) is 2.87. The zero-order valence-electron chi connectivity index (χ0n) is 7.53. The highest BCUT2D eigenvalue weighted by molar-refractivity contribution is 7.98. The number of phenolic OH excluding ortho intramolecular Hbond substituents is 1. The van der Waals surface area contributed by atoms with E-state index in [4.69, 9.17) is 0 Å². The van der Waals surface area contributed by atoms with Crippen molar-refractivity contribution in [2.45, 2.75) is 4.90 Å². The molecule has 1 aromatic rings. The molecule has 0 unspecified atom stereocenters. The molecule has 1 N–H and O–H groups in total. The van der Waals surface area contributed by atoms with E-state index in [1.165, 1.54) is 0 Å². The molecular weight excluding hydrogens is 170 g/mol. The first-order valence-corrected chi connectivity index (χ1v) is 4.92. The van der Waals surface area contributed by atoms with E-state index in [0.29, 0.717) is 5.75 Å². The lowest BCUT2D eigenvalue weighted by Gasteiger charge is -2.13. The van der Waals surface area contributed by atoms with Gasteiger partial charge in [-0.3, -0.25) is 0 Å². The van der Waals surface area contributed by atoms with Crippen molar-refractivity contribution in [2.24, 2.45) is 0 Å². The van der Waals surface area contributed by atoms with E-state index in [2.05, 4.69) is 0 Å². The van der Waals surface area contributed by atoms with Gasteiger partial charge >= 0.3 is 0 Å².